The number of hydrogen-bond acceptors (Lipinski definition) is 1. The summed E-state index contributed by atoms with van der Waals surface area (Å²) in [6.45, 7) is 0.688. The molecule has 88 valence electrons. The van der Waals surface area contributed by atoms with Gasteiger partial charge in [-0.15, -0.1) is 0 Å². The number of carbonyl (C=O) groups excluding carboxylic acids is 1. The minimum absolute atomic E-state index is 0.0524. The van der Waals surface area contributed by atoms with Gasteiger partial charge in [-0.2, -0.15) is 0 Å². The van der Waals surface area contributed by atoms with Crippen LogP contribution in [-0.2, 0) is 11.2 Å². The van der Waals surface area contributed by atoms with E-state index in [2.05, 4.69) is 59.9 Å². The molecule has 5 heteroatoms. The third-order valence-corrected chi connectivity index (χ3v) is 3.19. The van der Waals surface area contributed by atoms with E-state index < -0.39 is 2.14 Å². The first-order chi connectivity index (χ1) is 7.41. The molecule has 0 heterocycles. The molecule has 1 aromatic rings. The summed E-state index contributed by atoms with van der Waals surface area (Å²) in [5, 5.41) is 0. The number of rotatable bonds is 3. The number of halogens is 3. The lowest BCUT2D eigenvalue weighted by molar-refractivity contribution is -0.128. The number of nitrogens with zero attached hydrogens (tertiary/aromatic N) is 1. The van der Waals surface area contributed by atoms with Crippen molar-refractivity contribution in [2.24, 2.45) is 0 Å². The maximum Gasteiger partial charge on any atom is 0.261 e. The Labute approximate surface area is 121 Å². The average molecular weight is 414 g/mol. The Bertz CT molecular complexity index is 348. The highest BCUT2D eigenvalue weighted by Crippen LogP contribution is 2.35. The fourth-order valence-electron chi connectivity index (χ4n) is 1.26. The van der Waals surface area contributed by atoms with Crippen LogP contribution in [0.15, 0.2) is 30.3 Å². The number of amides is 1. The van der Waals surface area contributed by atoms with Crippen LogP contribution in [0.3, 0.4) is 0 Å². The van der Waals surface area contributed by atoms with Crippen molar-refractivity contribution in [3.63, 3.8) is 0 Å². The molecular formula is C11H12Br3NO. The highest BCUT2D eigenvalue weighted by atomic mass is 80.0. The zero-order chi connectivity index (χ0) is 12.2. The Morgan fingerprint density at radius 3 is 2.31 bits per heavy atom. The molecule has 0 aliphatic carbocycles. The highest BCUT2D eigenvalue weighted by Gasteiger charge is 2.31. The molecule has 0 spiro atoms. The van der Waals surface area contributed by atoms with Crippen molar-refractivity contribution in [3.8, 4) is 0 Å². The summed E-state index contributed by atoms with van der Waals surface area (Å²) < 4.78 is -0.849. The van der Waals surface area contributed by atoms with Gasteiger partial charge < -0.3 is 4.90 Å². The second-order valence-corrected chi connectivity index (χ2v) is 10.2. The van der Waals surface area contributed by atoms with Crippen LogP contribution in [0.25, 0.3) is 0 Å². The number of carbonyl (C=O) groups is 1. The fourth-order valence-corrected chi connectivity index (χ4v) is 2.17. The van der Waals surface area contributed by atoms with E-state index in [1.54, 1.807) is 11.9 Å². The van der Waals surface area contributed by atoms with E-state index >= 15 is 0 Å². The van der Waals surface area contributed by atoms with Crippen molar-refractivity contribution < 1.29 is 4.79 Å². The van der Waals surface area contributed by atoms with Crippen LogP contribution >= 0.6 is 47.8 Å². The van der Waals surface area contributed by atoms with Crippen LogP contribution in [0.1, 0.15) is 5.56 Å². The standard InChI is InChI=1S/C11H12Br3NO/c1-15(10(16)11(12,13)14)8-7-9-5-3-2-4-6-9/h2-6H,7-8H2,1H3. The fraction of sp³-hybridized carbons (Fsp3) is 0.364. The molecule has 0 bridgehead atoms. The largest absolute Gasteiger partial charge is 0.343 e. The molecule has 0 saturated heterocycles. The van der Waals surface area contributed by atoms with Crippen LogP contribution in [0.2, 0.25) is 0 Å². The summed E-state index contributed by atoms with van der Waals surface area (Å²) in [6.07, 6.45) is 0.853. The van der Waals surface area contributed by atoms with Crippen molar-refractivity contribution in [1.29, 1.82) is 0 Å². The van der Waals surface area contributed by atoms with Crippen LogP contribution in [0.4, 0.5) is 0 Å². The third-order valence-electron chi connectivity index (χ3n) is 2.17. The Morgan fingerprint density at radius 1 is 1.25 bits per heavy atom. The van der Waals surface area contributed by atoms with Crippen molar-refractivity contribution in [1.82, 2.24) is 4.90 Å². The van der Waals surface area contributed by atoms with Crippen molar-refractivity contribution >= 4 is 53.7 Å². The normalized spacial score (nSPS) is 11.2. The predicted octanol–water partition coefficient (Wildman–Crippen LogP) is 3.53. The zero-order valence-corrected chi connectivity index (χ0v) is 13.5. The second-order valence-electron chi connectivity index (χ2n) is 3.46. The molecule has 16 heavy (non-hydrogen) atoms. The van der Waals surface area contributed by atoms with Gasteiger partial charge in [0.15, 0.2) is 0 Å². The molecule has 0 unspecified atom stereocenters. The molecule has 0 atom stereocenters. The van der Waals surface area contributed by atoms with Gasteiger partial charge in [-0.3, -0.25) is 4.79 Å². The van der Waals surface area contributed by atoms with E-state index in [4.69, 9.17) is 0 Å². The molecule has 0 aromatic heterocycles. The summed E-state index contributed by atoms with van der Waals surface area (Å²) in [5.41, 5.74) is 1.23. The Morgan fingerprint density at radius 2 is 1.81 bits per heavy atom. The Hall–Kier alpha value is 0.130. The lowest BCUT2D eigenvalue weighted by Gasteiger charge is -2.22. The molecular weight excluding hydrogens is 402 g/mol. The van der Waals surface area contributed by atoms with E-state index in [-0.39, 0.29) is 5.91 Å². The van der Waals surface area contributed by atoms with Gasteiger partial charge in [-0.25, -0.2) is 0 Å². The summed E-state index contributed by atoms with van der Waals surface area (Å²) in [4.78, 5) is 13.4. The Kier molecular flexibility index (Phi) is 5.47. The number of benzene rings is 1. The number of hydrogen-bond donors (Lipinski definition) is 0. The molecule has 0 aliphatic rings. The van der Waals surface area contributed by atoms with E-state index in [9.17, 15) is 4.79 Å². The van der Waals surface area contributed by atoms with E-state index in [1.807, 2.05) is 18.2 Å². The first kappa shape index (κ1) is 14.2. The van der Waals surface area contributed by atoms with Gasteiger partial charge in [0.05, 0.1) is 0 Å². The smallest absolute Gasteiger partial charge is 0.261 e. The van der Waals surface area contributed by atoms with E-state index in [0.29, 0.717) is 6.54 Å². The highest BCUT2D eigenvalue weighted by molar-refractivity contribution is 9.40. The molecule has 0 N–H and O–H groups in total. The topological polar surface area (TPSA) is 20.3 Å². The van der Waals surface area contributed by atoms with Crippen LogP contribution in [-0.4, -0.2) is 26.5 Å². The second kappa shape index (κ2) is 6.17. The summed E-state index contributed by atoms with van der Waals surface area (Å²) in [5.74, 6) is -0.0524. The van der Waals surface area contributed by atoms with Crippen molar-refractivity contribution in [2.75, 3.05) is 13.6 Å². The lowest BCUT2D eigenvalue weighted by atomic mass is 10.1. The van der Waals surface area contributed by atoms with Gasteiger partial charge in [-0.05, 0) is 59.8 Å². The first-order valence-electron chi connectivity index (χ1n) is 4.77. The minimum atomic E-state index is -0.849. The van der Waals surface area contributed by atoms with Gasteiger partial charge in [0.2, 0.25) is 2.14 Å². The minimum Gasteiger partial charge on any atom is -0.343 e. The summed E-state index contributed by atoms with van der Waals surface area (Å²) >= 11 is 9.64. The van der Waals surface area contributed by atoms with E-state index in [0.717, 1.165) is 6.42 Å². The van der Waals surface area contributed by atoms with E-state index in [1.165, 1.54) is 5.56 Å². The van der Waals surface area contributed by atoms with Crippen LogP contribution in [0.5, 0.6) is 0 Å². The van der Waals surface area contributed by atoms with Gasteiger partial charge in [0, 0.05) is 13.6 Å². The Balaban J connectivity index is 2.48. The monoisotopic (exact) mass is 411 g/mol. The maximum atomic E-state index is 11.8. The molecule has 0 saturated carbocycles. The van der Waals surface area contributed by atoms with Gasteiger partial charge in [-0.1, -0.05) is 30.3 Å². The first-order valence-corrected chi connectivity index (χ1v) is 7.15. The third kappa shape index (κ3) is 4.55. The summed E-state index contributed by atoms with van der Waals surface area (Å²) in [6, 6.07) is 10.1. The predicted molar refractivity (Wildman–Crippen MR) is 77.3 cm³/mol. The number of alkyl halides is 3. The molecule has 1 rings (SSSR count). The maximum absolute atomic E-state index is 11.8. The average Bonchev–Trinajstić information content (AvgIpc) is 2.25. The zero-order valence-electron chi connectivity index (χ0n) is 8.79. The number of likely N-dealkylation sites (N-methyl/N-ethyl adjacent to an activating group) is 1. The quantitative estimate of drug-likeness (QED) is 0.694. The van der Waals surface area contributed by atoms with Gasteiger partial charge >= 0.3 is 0 Å². The molecule has 0 radical (unpaired) electrons. The molecule has 1 aromatic carbocycles. The molecule has 1 amide bonds. The van der Waals surface area contributed by atoms with Crippen LogP contribution < -0.4 is 0 Å². The lowest BCUT2D eigenvalue weighted by Crippen LogP contribution is -2.36. The van der Waals surface area contributed by atoms with Crippen LogP contribution in [0, 0.1) is 0 Å². The molecule has 0 fully saturated rings. The SMILES string of the molecule is CN(CCc1ccccc1)C(=O)C(Br)(Br)Br. The summed E-state index contributed by atoms with van der Waals surface area (Å²) in [7, 11) is 1.78. The molecule has 2 nitrogen and oxygen atoms in total. The van der Waals surface area contributed by atoms with Gasteiger partial charge in [0.1, 0.15) is 0 Å². The molecule has 0 aliphatic heterocycles. The van der Waals surface area contributed by atoms with Crippen molar-refractivity contribution in [3.05, 3.63) is 35.9 Å². The van der Waals surface area contributed by atoms with Gasteiger partial charge in [0.25, 0.3) is 5.91 Å². The van der Waals surface area contributed by atoms with Crippen molar-refractivity contribution in [2.45, 2.75) is 8.56 Å².